The number of hydrogen-bond donors (Lipinski definition) is 1. The second-order valence-corrected chi connectivity index (χ2v) is 7.10. The first kappa shape index (κ1) is 22.2. The Bertz CT molecular complexity index is 485. The Hall–Kier alpha value is 0.230. The number of nitrogens with one attached hydrogen (secondary N) is 1. The zero-order valence-corrected chi connectivity index (χ0v) is 16.1. The standard InChI is InChI=1S/C15H21Cl2FN2.2ClH/c1-15(2,3)14(20-8-6-19-7-9-20)12-11(18)5-4-10(16)13(12)17;;/h4-5,14,19H,6-9H2,1-3H3;2*1H/t14-;;/m0../s1. The highest BCUT2D eigenvalue weighted by Crippen LogP contribution is 2.44. The summed E-state index contributed by atoms with van der Waals surface area (Å²) in [7, 11) is 0. The van der Waals surface area contributed by atoms with Gasteiger partial charge in [-0.1, -0.05) is 44.0 Å². The van der Waals surface area contributed by atoms with E-state index in [2.05, 4.69) is 31.0 Å². The van der Waals surface area contributed by atoms with Crippen LogP contribution in [0, 0.1) is 11.2 Å². The van der Waals surface area contributed by atoms with Gasteiger partial charge in [-0.2, -0.15) is 0 Å². The third-order valence-electron chi connectivity index (χ3n) is 3.69. The van der Waals surface area contributed by atoms with Gasteiger partial charge in [0.25, 0.3) is 0 Å². The molecular weight excluding hydrogens is 369 g/mol. The maximum atomic E-state index is 14.4. The summed E-state index contributed by atoms with van der Waals surface area (Å²) in [6, 6.07) is 2.83. The highest BCUT2D eigenvalue weighted by atomic mass is 35.5. The van der Waals surface area contributed by atoms with Crippen LogP contribution in [-0.4, -0.2) is 31.1 Å². The van der Waals surface area contributed by atoms with Crippen LogP contribution in [0.1, 0.15) is 32.4 Å². The summed E-state index contributed by atoms with van der Waals surface area (Å²) in [5.74, 6) is -0.280. The van der Waals surface area contributed by atoms with E-state index in [1.807, 2.05) is 0 Å². The van der Waals surface area contributed by atoms with E-state index in [0.29, 0.717) is 15.6 Å². The number of benzene rings is 1. The van der Waals surface area contributed by atoms with Crippen LogP contribution >= 0.6 is 48.0 Å². The molecule has 0 amide bonds. The molecule has 1 aliphatic heterocycles. The fourth-order valence-corrected chi connectivity index (χ4v) is 3.32. The highest BCUT2D eigenvalue weighted by molar-refractivity contribution is 6.42. The van der Waals surface area contributed by atoms with Gasteiger partial charge in [0.05, 0.1) is 10.0 Å². The minimum absolute atomic E-state index is 0. The molecule has 128 valence electrons. The molecular formula is C15H23Cl4FN2. The maximum absolute atomic E-state index is 14.4. The lowest BCUT2D eigenvalue weighted by Crippen LogP contribution is -2.48. The van der Waals surface area contributed by atoms with Gasteiger partial charge in [0.1, 0.15) is 5.82 Å². The van der Waals surface area contributed by atoms with E-state index >= 15 is 0 Å². The molecule has 0 bridgehead atoms. The summed E-state index contributed by atoms with van der Waals surface area (Å²) < 4.78 is 14.4. The molecule has 1 N–H and O–H groups in total. The average Bonchev–Trinajstić information content (AvgIpc) is 2.39. The minimum atomic E-state index is -0.280. The quantitative estimate of drug-likeness (QED) is 0.716. The SMILES string of the molecule is CC(C)(C)[C@H](c1c(F)ccc(Cl)c1Cl)N1CCNCC1.Cl.Cl. The highest BCUT2D eigenvalue weighted by Gasteiger charge is 2.36. The number of nitrogens with zero attached hydrogens (tertiary/aromatic N) is 1. The average molecular weight is 392 g/mol. The van der Waals surface area contributed by atoms with Crippen molar-refractivity contribution in [3.05, 3.63) is 33.6 Å². The third-order valence-corrected chi connectivity index (χ3v) is 4.51. The van der Waals surface area contributed by atoms with Crippen molar-refractivity contribution in [1.82, 2.24) is 10.2 Å². The first-order valence-electron chi connectivity index (χ1n) is 6.90. The van der Waals surface area contributed by atoms with E-state index < -0.39 is 0 Å². The summed E-state index contributed by atoms with van der Waals surface area (Å²) in [6.45, 7) is 9.90. The molecule has 0 radical (unpaired) electrons. The second kappa shape index (κ2) is 8.91. The minimum Gasteiger partial charge on any atom is -0.314 e. The molecule has 1 aliphatic rings. The Morgan fingerprint density at radius 2 is 1.68 bits per heavy atom. The molecule has 1 aromatic rings. The van der Waals surface area contributed by atoms with Gasteiger partial charge in [-0.05, 0) is 17.5 Å². The Morgan fingerprint density at radius 3 is 2.18 bits per heavy atom. The van der Waals surface area contributed by atoms with Crippen molar-refractivity contribution in [2.75, 3.05) is 26.2 Å². The molecule has 1 aromatic carbocycles. The Morgan fingerprint density at radius 1 is 1.14 bits per heavy atom. The normalized spacial score (nSPS) is 17.4. The van der Waals surface area contributed by atoms with Crippen molar-refractivity contribution < 1.29 is 4.39 Å². The number of piperazine rings is 1. The Kier molecular flexibility index (Phi) is 9.00. The summed E-state index contributed by atoms with van der Waals surface area (Å²) in [4.78, 5) is 2.29. The molecule has 22 heavy (non-hydrogen) atoms. The molecule has 0 aliphatic carbocycles. The van der Waals surface area contributed by atoms with E-state index in [0.717, 1.165) is 26.2 Å². The van der Waals surface area contributed by atoms with Gasteiger partial charge in [0, 0.05) is 37.8 Å². The zero-order chi connectivity index (χ0) is 14.9. The van der Waals surface area contributed by atoms with Crippen molar-refractivity contribution in [2.24, 2.45) is 5.41 Å². The molecule has 1 fully saturated rings. The topological polar surface area (TPSA) is 15.3 Å². The van der Waals surface area contributed by atoms with Gasteiger partial charge in [0.2, 0.25) is 0 Å². The third kappa shape index (κ3) is 4.86. The van der Waals surface area contributed by atoms with Gasteiger partial charge in [0.15, 0.2) is 0 Å². The van der Waals surface area contributed by atoms with Crippen LogP contribution in [0.4, 0.5) is 4.39 Å². The first-order chi connectivity index (χ1) is 9.32. The smallest absolute Gasteiger partial charge is 0.129 e. The van der Waals surface area contributed by atoms with Gasteiger partial charge >= 0.3 is 0 Å². The fourth-order valence-electron chi connectivity index (χ4n) is 2.90. The predicted molar refractivity (Wildman–Crippen MR) is 97.6 cm³/mol. The molecule has 2 rings (SSSR count). The monoisotopic (exact) mass is 390 g/mol. The summed E-state index contributed by atoms with van der Waals surface area (Å²) in [5, 5.41) is 4.07. The van der Waals surface area contributed by atoms with Gasteiger partial charge < -0.3 is 5.32 Å². The molecule has 1 heterocycles. The van der Waals surface area contributed by atoms with Crippen molar-refractivity contribution in [3.8, 4) is 0 Å². The fraction of sp³-hybridized carbons (Fsp3) is 0.600. The maximum Gasteiger partial charge on any atom is 0.129 e. The number of halogens is 5. The van der Waals surface area contributed by atoms with Gasteiger partial charge in [-0.15, -0.1) is 24.8 Å². The Labute approximate surface area is 154 Å². The summed E-state index contributed by atoms with van der Waals surface area (Å²) >= 11 is 12.4. The van der Waals surface area contributed by atoms with Crippen LogP contribution < -0.4 is 5.32 Å². The van der Waals surface area contributed by atoms with Crippen LogP contribution in [0.25, 0.3) is 0 Å². The van der Waals surface area contributed by atoms with Crippen LogP contribution in [0.5, 0.6) is 0 Å². The van der Waals surface area contributed by atoms with Crippen LogP contribution in [0.2, 0.25) is 10.0 Å². The number of rotatable bonds is 2. The lowest BCUT2D eigenvalue weighted by atomic mass is 9.80. The van der Waals surface area contributed by atoms with Crippen molar-refractivity contribution in [1.29, 1.82) is 0 Å². The lowest BCUT2D eigenvalue weighted by molar-refractivity contribution is 0.0835. The molecule has 7 heteroatoms. The largest absolute Gasteiger partial charge is 0.314 e. The van der Waals surface area contributed by atoms with Gasteiger partial charge in [-0.3, -0.25) is 4.90 Å². The van der Waals surface area contributed by atoms with E-state index in [4.69, 9.17) is 23.2 Å². The van der Waals surface area contributed by atoms with Crippen LogP contribution in [-0.2, 0) is 0 Å². The van der Waals surface area contributed by atoms with Gasteiger partial charge in [-0.25, -0.2) is 4.39 Å². The van der Waals surface area contributed by atoms with Crippen molar-refractivity contribution >= 4 is 48.0 Å². The first-order valence-corrected chi connectivity index (χ1v) is 7.66. The second-order valence-electron chi connectivity index (χ2n) is 6.31. The molecule has 0 aromatic heterocycles. The summed E-state index contributed by atoms with van der Waals surface area (Å²) in [6.07, 6.45) is 0. The molecule has 0 unspecified atom stereocenters. The summed E-state index contributed by atoms with van der Waals surface area (Å²) in [5.41, 5.74) is 0.389. The molecule has 0 spiro atoms. The van der Waals surface area contributed by atoms with Crippen molar-refractivity contribution in [2.45, 2.75) is 26.8 Å². The zero-order valence-electron chi connectivity index (χ0n) is 13.0. The Balaban J connectivity index is 0.00000220. The molecule has 2 nitrogen and oxygen atoms in total. The number of hydrogen-bond acceptors (Lipinski definition) is 2. The van der Waals surface area contributed by atoms with E-state index in [-0.39, 0.29) is 42.1 Å². The van der Waals surface area contributed by atoms with E-state index in [9.17, 15) is 4.39 Å². The lowest BCUT2D eigenvalue weighted by Gasteiger charge is -2.43. The van der Waals surface area contributed by atoms with Crippen LogP contribution in [0.3, 0.4) is 0 Å². The molecule has 1 saturated heterocycles. The van der Waals surface area contributed by atoms with E-state index in [1.54, 1.807) is 0 Å². The molecule has 1 atom stereocenters. The predicted octanol–water partition coefficient (Wildman–Crippen LogP) is 4.97. The van der Waals surface area contributed by atoms with E-state index in [1.165, 1.54) is 12.1 Å². The van der Waals surface area contributed by atoms with Crippen molar-refractivity contribution in [3.63, 3.8) is 0 Å². The molecule has 0 saturated carbocycles. The van der Waals surface area contributed by atoms with Crippen LogP contribution in [0.15, 0.2) is 12.1 Å².